The lowest BCUT2D eigenvalue weighted by molar-refractivity contribution is -0.142. The monoisotopic (exact) mass is 262 g/mol. The molecule has 0 amide bonds. The van der Waals surface area contributed by atoms with E-state index in [4.69, 9.17) is 10.8 Å². The van der Waals surface area contributed by atoms with Crippen molar-refractivity contribution in [2.75, 3.05) is 18.0 Å². The summed E-state index contributed by atoms with van der Waals surface area (Å²) in [5, 5.41) is 9.06. The number of hydrogen-bond donors (Lipinski definition) is 2. The molecule has 104 valence electrons. The van der Waals surface area contributed by atoms with E-state index in [1.165, 1.54) is 16.8 Å². The number of carboxylic acid groups (broad SMARTS) is 1. The fraction of sp³-hybridized carbons (Fsp3) is 0.533. The van der Waals surface area contributed by atoms with Crippen molar-refractivity contribution in [1.29, 1.82) is 0 Å². The van der Waals surface area contributed by atoms with Crippen LogP contribution < -0.4 is 10.6 Å². The second-order valence-electron chi connectivity index (χ2n) is 5.70. The Hall–Kier alpha value is -1.55. The lowest BCUT2D eigenvalue weighted by Gasteiger charge is -2.33. The molecule has 3 N–H and O–H groups in total. The number of carboxylic acids is 1. The van der Waals surface area contributed by atoms with Crippen LogP contribution in [0.1, 0.15) is 30.9 Å². The zero-order valence-corrected chi connectivity index (χ0v) is 11.6. The molecular weight excluding hydrogens is 240 g/mol. The number of nitrogens with zero attached hydrogens (tertiary/aromatic N) is 1. The number of carbonyl (C=O) groups is 1. The van der Waals surface area contributed by atoms with Crippen LogP contribution in [0.2, 0.25) is 0 Å². The largest absolute Gasteiger partial charge is 0.480 e. The van der Waals surface area contributed by atoms with Gasteiger partial charge in [-0.15, -0.1) is 0 Å². The average molecular weight is 262 g/mol. The van der Waals surface area contributed by atoms with Crippen molar-refractivity contribution < 1.29 is 9.90 Å². The van der Waals surface area contributed by atoms with E-state index in [0.717, 1.165) is 19.4 Å². The van der Waals surface area contributed by atoms with Crippen LogP contribution in [0.25, 0.3) is 0 Å². The third kappa shape index (κ3) is 3.07. The first-order valence-corrected chi connectivity index (χ1v) is 6.77. The first kappa shape index (κ1) is 13.9. The molecule has 1 aliphatic heterocycles. The van der Waals surface area contributed by atoms with Gasteiger partial charge in [0, 0.05) is 18.8 Å². The molecule has 0 saturated carbocycles. The Morgan fingerprint density at radius 3 is 2.95 bits per heavy atom. The first-order valence-electron chi connectivity index (χ1n) is 6.77. The molecule has 2 rings (SSSR count). The van der Waals surface area contributed by atoms with E-state index in [1.54, 1.807) is 6.92 Å². The van der Waals surface area contributed by atoms with Gasteiger partial charge in [0.1, 0.15) is 5.54 Å². The zero-order chi connectivity index (χ0) is 14.0. The van der Waals surface area contributed by atoms with Crippen LogP contribution in [0.5, 0.6) is 0 Å². The second kappa shape index (κ2) is 5.21. The standard InChI is InChI=1S/C15H22N2O2/c1-11-5-6-13-12(10-11)4-3-8-17(13)9-7-15(2,16)14(18)19/h5-6,10H,3-4,7-9,16H2,1-2H3,(H,18,19). The molecule has 1 unspecified atom stereocenters. The van der Waals surface area contributed by atoms with Crippen molar-refractivity contribution in [1.82, 2.24) is 0 Å². The molecule has 0 fully saturated rings. The number of hydrogen-bond acceptors (Lipinski definition) is 3. The van der Waals surface area contributed by atoms with Gasteiger partial charge in [0.2, 0.25) is 0 Å². The second-order valence-corrected chi connectivity index (χ2v) is 5.70. The van der Waals surface area contributed by atoms with Crippen LogP contribution >= 0.6 is 0 Å². The Morgan fingerprint density at radius 2 is 2.26 bits per heavy atom. The molecule has 0 saturated heterocycles. The van der Waals surface area contributed by atoms with Crippen molar-refractivity contribution in [3.8, 4) is 0 Å². The van der Waals surface area contributed by atoms with Crippen molar-refractivity contribution in [3.63, 3.8) is 0 Å². The highest BCUT2D eigenvalue weighted by atomic mass is 16.4. The van der Waals surface area contributed by atoms with E-state index in [9.17, 15) is 4.79 Å². The molecule has 4 heteroatoms. The number of fused-ring (bicyclic) bond motifs is 1. The van der Waals surface area contributed by atoms with E-state index >= 15 is 0 Å². The average Bonchev–Trinajstić information content (AvgIpc) is 2.35. The quantitative estimate of drug-likeness (QED) is 0.870. The van der Waals surface area contributed by atoms with Crippen molar-refractivity contribution in [3.05, 3.63) is 29.3 Å². The van der Waals surface area contributed by atoms with Gasteiger partial charge in [-0.3, -0.25) is 4.79 Å². The Kier molecular flexibility index (Phi) is 3.80. The van der Waals surface area contributed by atoms with Crippen LogP contribution in [0.3, 0.4) is 0 Å². The molecule has 0 aliphatic carbocycles. The van der Waals surface area contributed by atoms with Crippen LogP contribution in [-0.2, 0) is 11.2 Å². The van der Waals surface area contributed by atoms with Gasteiger partial charge in [0.15, 0.2) is 0 Å². The summed E-state index contributed by atoms with van der Waals surface area (Å²) in [6.45, 7) is 5.34. The molecule has 0 spiro atoms. The SMILES string of the molecule is Cc1ccc2c(c1)CCCN2CCC(C)(N)C(=O)O. The van der Waals surface area contributed by atoms with Crippen LogP contribution in [0.15, 0.2) is 18.2 Å². The van der Waals surface area contributed by atoms with Crippen LogP contribution in [-0.4, -0.2) is 29.7 Å². The Balaban J connectivity index is 2.10. The van der Waals surface area contributed by atoms with Gasteiger partial charge in [-0.1, -0.05) is 17.7 Å². The zero-order valence-electron chi connectivity index (χ0n) is 11.6. The van der Waals surface area contributed by atoms with Gasteiger partial charge in [-0.05, 0) is 44.7 Å². The van der Waals surface area contributed by atoms with E-state index in [0.29, 0.717) is 13.0 Å². The summed E-state index contributed by atoms with van der Waals surface area (Å²) in [5.41, 5.74) is 8.51. The van der Waals surface area contributed by atoms with Crippen molar-refractivity contribution >= 4 is 11.7 Å². The summed E-state index contributed by atoms with van der Waals surface area (Å²) in [4.78, 5) is 13.3. The number of rotatable bonds is 4. The topological polar surface area (TPSA) is 66.6 Å². The fourth-order valence-electron chi connectivity index (χ4n) is 2.51. The van der Waals surface area contributed by atoms with E-state index in [2.05, 4.69) is 30.0 Å². The van der Waals surface area contributed by atoms with E-state index in [-0.39, 0.29) is 0 Å². The van der Waals surface area contributed by atoms with Crippen molar-refractivity contribution in [2.45, 2.75) is 38.6 Å². The predicted octanol–water partition coefficient (Wildman–Crippen LogP) is 1.94. The molecule has 4 nitrogen and oxygen atoms in total. The maximum Gasteiger partial charge on any atom is 0.323 e. The third-order valence-corrected chi connectivity index (χ3v) is 3.84. The van der Waals surface area contributed by atoms with Gasteiger partial charge >= 0.3 is 5.97 Å². The van der Waals surface area contributed by atoms with Gasteiger partial charge in [-0.25, -0.2) is 0 Å². The molecule has 19 heavy (non-hydrogen) atoms. The normalized spacial score (nSPS) is 17.7. The molecule has 1 heterocycles. The lowest BCUT2D eigenvalue weighted by Crippen LogP contribution is -2.47. The molecule has 0 bridgehead atoms. The lowest BCUT2D eigenvalue weighted by atomic mass is 9.96. The maximum atomic E-state index is 11.0. The number of aryl methyl sites for hydroxylation is 2. The Labute approximate surface area is 114 Å². The molecule has 1 aromatic carbocycles. The summed E-state index contributed by atoms with van der Waals surface area (Å²) in [6, 6.07) is 6.47. The van der Waals surface area contributed by atoms with Gasteiger partial charge in [-0.2, -0.15) is 0 Å². The molecule has 1 atom stereocenters. The highest BCUT2D eigenvalue weighted by Gasteiger charge is 2.29. The molecule has 0 aromatic heterocycles. The number of nitrogens with two attached hydrogens (primary N) is 1. The molecule has 1 aliphatic rings. The molecular formula is C15H22N2O2. The molecule has 0 radical (unpaired) electrons. The Bertz CT molecular complexity index is 483. The van der Waals surface area contributed by atoms with Gasteiger partial charge in [0.25, 0.3) is 0 Å². The number of aliphatic carboxylic acids is 1. The van der Waals surface area contributed by atoms with Gasteiger partial charge < -0.3 is 15.7 Å². The summed E-state index contributed by atoms with van der Waals surface area (Å²) >= 11 is 0. The molecule has 1 aromatic rings. The summed E-state index contributed by atoms with van der Waals surface area (Å²) in [5.74, 6) is -0.936. The minimum Gasteiger partial charge on any atom is -0.480 e. The van der Waals surface area contributed by atoms with E-state index in [1.807, 2.05) is 0 Å². The van der Waals surface area contributed by atoms with Crippen molar-refractivity contribution in [2.24, 2.45) is 5.73 Å². The first-order chi connectivity index (χ1) is 8.90. The third-order valence-electron chi connectivity index (χ3n) is 3.84. The summed E-state index contributed by atoms with van der Waals surface area (Å²) in [6.07, 6.45) is 2.67. The highest BCUT2D eigenvalue weighted by molar-refractivity contribution is 5.77. The highest BCUT2D eigenvalue weighted by Crippen LogP contribution is 2.28. The van der Waals surface area contributed by atoms with E-state index < -0.39 is 11.5 Å². The fourth-order valence-corrected chi connectivity index (χ4v) is 2.51. The van der Waals surface area contributed by atoms with Gasteiger partial charge in [0.05, 0.1) is 0 Å². The smallest absolute Gasteiger partial charge is 0.323 e. The minimum absolute atomic E-state index is 0.454. The summed E-state index contributed by atoms with van der Waals surface area (Å²) < 4.78 is 0. The van der Waals surface area contributed by atoms with Crippen LogP contribution in [0.4, 0.5) is 5.69 Å². The Morgan fingerprint density at radius 1 is 1.53 bits per heavy atom. The summed E-state index contributed by atoms with van der Waals surface area (Å²) in [7, 11) is 0. The maximum absolute atomic E-state index is 11.0. The number of benzene rings is 1. The van der Waals surface area contributed by atoms with Crippen LogP contribution in [0, 0.1) is 6.92 Å². The number of anilines is 1. The predicted molar refractivity (Wildman–Crippen MR) is 76.6 cm³/mol. The minimum atomic E-state index is -1.15.